The van der Waals surface area contributed by atoms with Crippen molar-refractivity contribution in [3.63, 3.8) is 0 Å². The minimum atomic E-state index is -0.425. The minimum Gasteiger partial charge on any atom is -0.408 e. The molecule has 0 spiro atoms. The second-order valence-corrected chi connectivity index (χ2v) is 6.31. The quantitative estimate of drug-likeness (QED) is 0.778. The van der Waals surface area contributed by atoms with Crippen LogP contribution in [0.4, 0.5) is 0 Å². The minimum absolute atomic E-state index is 0.0229. The summed E-state index contributed by atoms with van der Waals surface area (Å²) in [6.45, 7) is 3.41. The van der Waals surface area contributed by atoms with Gasteiger partial charge in [0.2, 0.25) is 0 Å². The highest BCUT2D eigenvalue weighted by molar-refractivity contribution is 5.97. The number of carbonyl (C=O) groups excluding carboxylic acids is 1. The molecule has 1 aliphatic rings. The number of benzene rings is 1. The van der Waals surface area contributed by atoms with Crippen LogP contribution in [0, 0.1) is 6.92 Å². The lowest BCUT2D eigenvalue weighted by Gasteiger charge is -2.16. The van der Waals surface area contributed by atoms with Gasteiger partial charge in [-0.3, -0.25) is 14.5 Å². The first kappa shape index (κ1) is 14.7. The van der Waals surface area contributed by atoms with Crippen molar-refractivity contribution in [1.82, 2.24) is 19.7 Å². The Morgan fingerprint density at radius 2 is 2.25 bits per heavy atom. The Labute approximate surface area is 137 Å². The van der Waals surface area contributed by atoms with Crippen molar-refractivity contribution in [3.05, 3.63) is 51.8 Å². The van der Waals surface area contributed by atoms with Crippen molar-refractivity contribution in [1.29, 1.82) is 0 Å². The Bertz CT molecular complexity index is 981. The summed E-state index contributed by atoms with van der Waals surface area (Å²) < 4.78 is 6.52. The van der Waals surface area contributed by atoms with E-state index in [1.807, 2.05) is 18.0 Å². The van der Waals surface area contributed by atoms with E-state index in [1.54, 1.807) is 25.2 Å². The zero-order valence-electron chi connectivity index (χ0n) is 13.6. The number of rotatable bonds is 2. The molecule has 1 saturated heterocycles. The number of carbonyl (C=O) groups is 1. The third-order valence-electron chi connectivity index (χ3n) is 4.79. The summed E-state index contributed by atoms with van der Waals surface area (Å²) in [5.41, 5.74) is 3.93. The van der Waals surface area contributed by atoms with Gasteiger partial charge in [0.15, 0.2) is 5.58 Å². The van der Waals surface area contributed by atoms with Gasteiger partial charge in [-0.15, -0.1) is 0 Å². The van der Waals surface area contributed by atoms with Crippen LogP contribution in [0.15, 0.2) is 33.6 Å². The molecule has 1 N–H and O–H groups in total. The fourth-order valence-corrected chi connectivity index (χ4v) is 3.39. The summed E-state index contributed by atoms with van der Waals surface area (Å²) in [6, 6.07) is 5.11. The maximum Gasteiger partial charge on any atom is 0.419 e. The van der Waals surface area contributed by atoms with Crippen LogP contribution >= 0.6 is 0 Å². The van der Waals surface area contributed by atoms with Crippen molar-refractivity contribution in [3.8, 4) is 0 Å². The van der Waals surface area contributed by atoms with Crippen molar-refractivity contribution in [2.45, 2.75) is 19.3 Å². The van der Waals surface area contributed by atoms with Crippen LogP contribution in [0.25, 0.3) is 11.1 Å². The molecular formula is C17H18N4O3. The highest BCUT2D eigenvalue weighted by Gasteiger charge is 2.30. The Balaban J connectivity index is 1.59. The molecule has 1 amide bonds. The topological polar surface area (TPSA) is 84.1 Å². The normalized spacial score (nSPS) is 17.8. The molecule has 1 atom stereocenters. The molecule has 7 heteroatoms. The fourth-order valence-electron chi connectivity index (χ4n) is 3.39. The number of nitrogens with one attached hydrogen (secondary N) is 1. The van der Waals surface area contributed by atoms with E-state index >= 15 is 0 Å². The molecule has 0 bridgehead atoms. The highest BCUT2D eigenvalue weighted by atomic mass is 16.4. The SMILES string of the molecule is Cc1cn[nH]c1[C@H]1CCN(C(=O)c2ccc3oc(=O)n(C)c3c2)C1. The van der Waals surface area contributed by atoms with Crippen LogP contribution < -0.4 is 5.76 Å². The number of hydrogen-bond donors (Lipinski definition) is 1. The van der Waals surface area contributed by atoms with Gasteiger partial charge < -0.3 is 9.32 Å². The van der Waals surface area contributed by atoms with Gasteiger partial charge in [0, 0.05) is 37.3 Å². The molecule has 4 rings (SSSR count). The monoisotopic (exact) mass is 326 g/mol. The molecule has 3 heterocycles. The van der Waals surface area contributed by atoms with Gasteiger partial charge >= 0.3 is 5.76 Å². The lowest BCUT2D eigenvalue weighted by molar-refractivity contribution is 0.0791. The summed E-state index contributed by atoms with van der Waals surface area (Å²) >= 11 is 0. The predicted molar refractivity (Wildman–Crippen MR) is 88.0 cm³/mol. The maximum atomic E-state index is 12.8. The largest absolute Gasteiger partial charge is 0.419 e. The third-order valence-corrected chi connectivity index (χ3v) is 4.79. The summed E-state index contributed by atoms with van der Waals surface area (Å²) in [5.74, 6) is -0.158. The number of aromatic nitrogens is 3. The molecule has 24 heavy (non-hydrogen) atoms. The number of amides is 1. The number of H-pyrrole nitrogens is 1. The van der Waals surface area contributed by atoms with Gasteiger partial charge in [0.05, 0.1) is 11.7 Å². The highest BCUT2D eigenvalue weighted by Crippen LogP contribution is 2.29. The number of hydrogen-bond acceptors (Lipinski definition) is 4. The van der Waals surface area contributed by atoms with Gasteiger partial charge in [-0.25, -0.2) is 4.79 Å². The van der Waals surface area contributed by atoms with E-state index in [-0.39, 0.29) is 5.91 Å². The van der Waals surface area contributed by atoms with Crippen molar-refractivity contribution in [2.75, 3.05) is 13.1 Å². The van der Waals surface area contributed by atoms with Crippen molar-refractivity contribution >= 4 is 17.0 Å². The Kier molecular flexibility index (Phi) is 3.30. The fraction of sp³-hybridized carbons (Fsp3) is 0.353. The lowest BCUT2D eigenvalue weighted by atomic mass is 10.0. The molecule has 3 aromatic rings. The van der Waals surface area contributed by atoms with E-state index < -0.39 is 5.76 Å². The van der Waals surface area contributed by atoms with Crippen LogP contribution in [0.5, 0.6) is 0 Å². The standard InChI is InChI=1S/C17H18N4O3/c1-10-8-18-19-15(10)12-5-6-21(9-12)16(22)11-3-4-14-13(7-11)20(2)17(23)24-14/h3-4,7-8,12H,5-6,9H2,1-2H3,(H,18,19)/t12-/m0/s1. The van der Waals surface area contributed by atoms with E-state index in [1.165, 1.54) is 4.57 Å². The van der Waals surface area contributed by atoms with Gasteiger partial charge in [-0.1, -0.05) is 0 Å². The summed E-state index contributed by atoms with van der Waals surface area (Å²) in [5, 5.41) is 7.11. The Hall–Kier alpha value is -2.83. The lowest BCUT2D eigenvalue weighted by Crippen LogP contribution is -2.28. The molecule has 7 nitrogen and oxygen atoms in total. The first-order valence-corrected chi connectivity index (χ1v) is 7.93. The number of likely N-dealkylation sites (tertiary alicyclic amines) is 1. The Morgan fingerprint density at radius 1 is 1.42 bits per heavy atom. The second kappa shape index (κ2) is 5.36. The van der Waals surface area contributed by atoms with Crippen LogP contribution in [-0.4, -0.2) is 38.7 Å². The molecule has 2 aromatic heterocycles. The Morgan fingerprint density at radius 3 is 3.00 bits per heavy atom. The zero-order chi connectivity index (χ0) is 16.8. The number of oxazole rings is 1. The van der Waals surface area contributed by atoms with E-state index in [0.29, 0.717) is 35.7 Å². The molecule has 1 fully saturated rings. The number of nitrogens with zero attached hydrogens (tertiary/aromatic N) is 3. The third kappa shape index (κ3) is 2.24. The summed E-state index contributed by atoms with van der Waals surface area (Å²) in [6.07, 6.45) is 2.73. The zero-order valence-corrected chi connectivity index (χ0v) is 13.6. The van der Waals surface area contributed by atoms with Crippen LogP contribution in [0.2, 0.25) is 0 Å². The molecule has 1 aromatic carbocycles. The molecule has 0 radical (unpaired) electrons. The van der Waals surface area contributed by atoms with Crippen LogP contribution in [-0.2, 0) is 7.05 Å². The van der Waals surface area contributed by atoms with E-state index in [0.717, 1.165) is 17.7 Å². The molecular weight excluding hydrogens is 308 g/mol. The van der Waals surface area contributed by atoms with Gasteiger partial charge in [0.1, 0.15) is 0 Å². The number of fused-ring (bicyclic) bond motifs is 1. The molecule has 0 saturated carbocycles. The van der Waals surface area contributed by atoms with Gasteiger partial charge in [-0.05, 0) is 37.1 Å². The molecule has 0 aliphatic carbocycles. The molecule has 0 unspecified atom stereocenters. The van der Waals surface area contributed by atoms with Gasteiger partial charge in [-0.2, -0.15) is 5.10 Å². The molecule has 124 valence electrons. The number of aromatic amines is 1. The van der Waals surface area contributed by atoms with Gasteiger partial charge in [0.25, 0.3) is 5.91 Å². The maximum absolute atomic E-state index is 12.8. The summed E-state index contributed by atoms with van der Waals surface area (Å²) in [4.78, 5) is 26.2. The van der Waals surface area contributed by atoms with Crippen molar-refractivity contribution < 1.29 is 9.21 Å². The molecule has 1 aliphatic heterocycles. The predicted octanol–water partition coefficient (Wildman–Crippen LogP) is 1.79. The second-order valence-electron chi connectivity index (χ2n) is 6.31. The average Bonchev–Trinajstić information content (AvgIpc) is 3.27. The summed E-state index contributed by atoms with van der Waals surface area (Å²) in [7, 11) is 1.63. The average molecular weight is 326 g/mol. The van der Waals surface area contributed by atoms with E-state index in [9.17, 15) is 9.59 Å². The van der Waals surface area contributed by atoms with E-state index in [2.05, 4.69) is 10.2 Å². The number of aryl methyl sites for hydroxylation is 2. The first-order valence-electron chi connectivity index (χ1n) is 7.93. The van der Waals surface area contributed by atoms with Crippen LogP contribution in [0.3, 0.4) is 0 Å². The van der Waals surface area contributed by atoms with Crippen LogP contribution in [0.1, 0.15) is 34.0 Å². The van der Waals surface area contributed by atoms with E-state index in [4.69, 9.17) is 4.42 Å². The smallest absolute Gasteiger partial charge is 0.408 e. The first-order chi connectivity index (χ1) is 11.5. The van der Waals surface area contributed by atoms with Crippen molar-refractivity contribution in [2.24, 2.45) is 7.05 Å².